The van der Waals surface area contributed by atoms with Gasteiger partial charge in [0.15, 0.2) is 11.5 Å². The van der Waals surface area contributed by atoms with Gasteiger partial charge in [0.05, 0.1) is 12.8 Å². The fraction of sp³-hybridized carbons (Fsp3) is 0.500. The molecule has 0 atom stereocenters. The summed E-state index contributed by atoms with van der Waals surface area (Å²) in [6.45, 7) is 1.68. The molecule has 1 aliphatic carbocycles. The molecule has 5 heteroatoms. The molecule has 1 heterocycles. The maximum Gasteiger partial charge on any atom is 0.198 e. The van der Waals surface area contributed by atoms with E-state index in [4.69, 9.17) is 14.9 Å². The summed E-state index contributed by atoms with van der Waals surface area (Å²) in [4.78, 5) is 16.0. The van der Waals surface area contributed by atoms with Gasteiger partial charge in [0.2, 0.25) is 0 Å². The van der Waals surface area contributed by atoms with Gasteiger partial charge in [0.25, 0.3) is 0 Å². The standard InChI is InChI=1S/C16H20N2O3/c1-9(19)10-3-5-11(6-4-10)16-18-13-8-14(20-2)12(17)7-15(13)21-16/h7-8,10-11H,3-6,17H2,1-2H3. The third kappa shape index (κ3) is 2.60. The molecule has 3 rings (SSSR count). The highest BCUT2D eigenvalue weighted by atomic mass is 16.5. The molecule has 2 N–H and O–H groups in total. The van der Waals surface area contributed by atoms with Crippen molar-refractivity contribution in [2.45, 2.75) is 38.5 Å². The number of aromatic nitrogens is 1. The van der Waals surface area contributed by atoms with Crippen molar-refractivity contribution in [3.8, 4) is 5.75 Å². The van der Waals surface area contributed by atoms with E-state index in [0.717, 1.165) is 37.1 Å². The lowest BCUT2D eigenvalue weighted by molar-refractivity contribution is -0.121. The number of carbonyl (C=O) groups excluding carboxylic acids is 1. The summed E-state index contributed by atoms with van der Waals surface area (Å²) < 4.78 is 11.1. The molecular formula is C16H20N2O3. The number of ether oxygens (including phenoxy) is 1. The average molecular weight is 288 g/mol. The van der Waals surface area contributed by atoms with E-state index in [2.05, 4.69) is 4.98 Å². The zero-order valence-corrected chi connectivity index (χ0v) is 12.4. The van der Waals surface area contributed by atoms with Crippen molar-refractivity contribution in [3.63, 3.8) is 0 Å². The number of nitrogen functional groups attached to an aromatic ring is 1. The van der Waals surface area contributed by atoms with Crippen molar-refractivity contribution >= 4 is 22.6 Å². The van der Waals surface area contributed by atoms with Crippen LogP contribution in [-0.4, -0.2) is 17.9 Å². The number of fused-ring (bicyclic) bond motifs is 1. The predicted octanol–water partition coefficient (Wildman–Crippen LogP) is 3.28. The van der Waals surface area contributed by atoms with Crippen LogP contribution in [0, 0.1) is 5.92 Å². The van der Waals surface area contributed by atoms with Gasteiger partial charge in [-0.25, -0.2) is 4.98 Å². The number of nitrogens with zero attached hydrogens (tertiary/aromatic N) is 1. The number of nitrogens with two attached hydrogens (primary N) is 1. The SMILES string of the molecule is COc1cc2nc(C3CCC(C(C)=O)CC3)oc2cc1N. The van der Waals surface area contributed by atoms with E-state index in [-0.39, 0.29) is 5.92 Å². The van der Waals surface area contributed by atoms with Gasteiger partial charge in [-0.05, 0) is 32.6 Å². The van der Waals surface area contributed by atoms with Crippen LogP contribution in [-0.2, 0) is 4.79 Å². The third-order valence-corrected chi connectivity index (χ3v) is 4.41. The first kappa shape index (κ1) is 13.9. The Morgan fingerprint density at radius 2 is 2.05 bits per heavy atom. The minimum atomic E-state index is 0.210. The molecule has 0 radical (unpaired) electrons. The predicted molar refractivity (Wildman–Crippen MR) is 80.4 cm³/mol. The quantitative estimate of drug-likeness (QED) is 0.877. The van der Waals surface area contributed by atoms with E-state index >= 15 is 0 Å². The molecule has 0 saturated heterocycles. The van der Waals surface area contributed by atoms with Gasteiger partial charge in [0.1, 0.15) is 17.0 Å². The number of ketones is 1. The maximum absolute atomic E-state index is 11.4. The summed E-state index contributed by atoms with van der Waals surface area (Å²) in [5.41, 5.74) is 7.90. The number of anilines is 1. The number of methoxy groups -OCH3 is 1. The Kier molecular flexibility index (Phi) is 3.57. The number of carbonyl (C=O) groups is 1. The fourth-order valence-electron chi connectivity index (χ4n) is 3.09. The zero-order chi connectivity index (χ0) is 15.0. The highest BCUT2D eigenvalue weighted by molar-refractivity contribution is 5.81. The van der Waals surface area contributed by atoms with Crippen LogP contribution >= 0.6 is 0 Å². The number of benzene rings is 1. The van der Waals surface area contributed by atoms with Crippen molar-refractivity contribution < 1.29 is 13.9 Å². The van der Waals surface area contributed by atoms with Crippen LogP contribution in [0.1, 0.15) is 44.4 Å². The molecule has 0 bridgehead atoms. The second-order valence-electron chi connectivity index (χ2n) is 5.77. The van der Waals surface area contributed by atoms with Crippen molar-refractivity contribution in [1.82, 2.24) is 4.98 Å². The number of Topliss-reactive ketones (excluding diaryl/α,β-unsaturated/α-hetero) is 1. The lowest BCUT2D eigenvalue weighted by Gasteiger charge is -2.24. The van der Waals surface area contributed by atoms with E-state index in [1.54, 1.807) is 26.2 Å². The Morgan fingerprint density at radius 3 is 2.67 bits per heavy atom. The van der Waals surface area contributed by atoms with Crippen molar-refractivity contribution in [3.05, 3.63) is 18.0 Å². The summed E-state index contributed by atoms with van der Waals surface area (Å²) in [6.07, 6.45) is 3.74. The normalized spacial score (nSPS) is 22.4. The van der Waals surface area contributed by atoms with Crippen LogP contribution in [0.4, 0.5) is 5.69 Å². The second kappa shape index (κ2) is 5.39. The van der Waals surface area contributed by atoms with Crippen LogP contribution in [0.15, 0.2) is 16.5 Å². The summed E-state index contributed by atoms with van der Waals surface area (Å²) in [5.74, 6) is 2.16. The van der Waals surface area contributed by atoms with Crippen molar-refractivity contribution in [2.24, 2.45) is 5.92 Å². The first-order valence-electron chi connectivity index (χ1n) is 7.33. The maximum atomic E-state index is 11.4. The first-order valence-corrected chi connectivity index (χ1v) is 7.33. The lowest BCUT2D eigenvalue weighted by Crippen LogP contribution is -2.19. The summed E-state index contributed by atoms with van der Waals surface area (Å²) >= 11 is 0. The van der Waals surface area contributed by atoms with E-state index < -0.39 is 0 Å². The van der Waals surface area contributed by atoms with E-state index in [1.165, 1.54) is 0 Å². The molecule has 1 aliphatic rings. The molecule has 5 nitrogen and oxygen atoms in total. The van der Waals surface area contributed by atoms with Crippen LogP contribution in [0.5, 0.6) is 5.75 Å². The molecule has 112 valence electrons. The van der Waals surface area contributed by atoms with Gasteiger partial charge in [-0.2, -0.15) is 0 Å². The Balaban J connectivity index is 1.83. The highest BCUT2D eigenvalue weighted by Gasteiger charge is 2.28. The molecular weight excluding hydrogens is 268 g/mol. The van der Waals surface area contributed by atoms with Gasteiger partial charge >= 0.3 is 0 Å². The number of rotatable bonds is 3. The van der Waals surface area contributed by atoms with Gasteiger partial charge in [-0.15, -0.1) is 0 Å². The highest BCUT2D eigenvalue weighted by Crippen LogP contribution is 2.38. The summed E-state index contributed by atoms with van der Waals surface area (Å²) in [6, 6.07) is 3.56. The monoisotopic (exact) mass is 288 g/mol. The minimum absolute atomic E-state index is 0.210. The lowest BCUT2D eigenvalue weighted by atomic mass is 9.80. The van der Waals surface area contributed by atoms with Gasteiger partial charge < -0.3 is 14.9 Å². The van der Waals surface area contributed by atoms with E-state index in [0.29, 0.717) is 28.7 Å². The number of hydrogen-bond acceptors (Lipinski definition) is 5. The van der Waals surface area contributed by atoms with Crippen LogP contribution < -0.4 is 10.5 Å². The molecule has 0 amide bonds. The zero-order valence-electron chi connectivity index (χ0n) is 12.4. The van der Waals surface area contributed by atoms with E-state index in [9.17, 15) is 4.79 Å². The topological polar surface area (TPSA) is 78.3 Å². The van der Waals surface area contributed by atoms with Crippen molar-refractivity contribution in [2.75, 3.05) is 12.8 Å². The Labute approximate surface area is 123 Å². The first-order chi connectivity index (χ1) is 10.1. The number of oxazole rings is 1. The smallest absolute Gasteiger partial charge is 0.198 e. The summed E-state index contributed by atoms with van der Waals surface area (Å²) in [5, 5.41) is 0. The van der Waals surface area contributed by atoms with Crippen LogP contribution in [0.25, 0.3) is 11.1 Å². The molecule has 2 aromatic rings. The molecule has 0 unspecified atom stereocenters. The van der Waals surface area contributed by atoms with E-state index in [1.807, 2.05) is 0 Å². The Bertz CT molecular complexity index is 669. The summed E-state index contributed by atoms with van der Waals surface area (Å²) in [7, 11) is 1.58. The Hall–Kier alpha value is -2.04. The molecule has 1 aromatic carbocycles. The van der Waals surface area contributed by atoms with Crippen LogP contribution in [0.2, 0.25) is 0 Å². The van der Waals surface area contributed by atoms with Gasteiger partial charge in [0, 0.05) is 24.0 Å². The minimum Gasteiger partial charge on any atom is -0.495 e. The molecule has 1 aromatic heterocycles. The number of hydrogen-bond donors (Lipinski definition) is 1. The van der Waals surface area contributed by atoms with Crippen LogP contribution in [0.3, 0.4) is 0 Å². The molecule has 1 saturated carbocycles. The largest absolute Gasteiger partial charge is 0.495 e. The third-order valence-electron chi connectivity index (χ3n) is 4.41. The molecule has 0 aliphatic heterocycles. The molecule has 1 fully saturated rings. The molecule has 0 spiro atoms. The van der Waals surface area contributed by atoms with Gasteiger partial charge in [-0.3, -0.25) is 4.79 Å². The van der Waals surface area contributed by atoms with Gasteiger partial charge in [-0.1, -0.05) is 0 Å². The average Bonchev–Trinajstić information content (AvgIpc) is 2.89. The second-order valence-corrected chi connectivity index (χ2v) is 5.77. The Morgan fingerprint density at radius 1 is 1.33 bits per heavy atom. The molecule has 21 heavy (non-hydrogen) atoms. The van der Waals surface area contributed by atoms with Crippen molar-refractivity contribution in [1.29, 1.82) is 0 Å². The fourth-order valence-corrected chi connectivity index (χ4v) is 3.09.